The fourth-order valence-corrected chi connectivity index (χ4v) is 2.85. The SMILES string of the molecule is CC#CCn1cc(CCCCNC2CC2)c2ccccc21. The van der Waals surface area contributed by atoms with E-state index in [0.29, 0.717) is 0 Å². The van der Waals surface area contributed by atoms with Crippen LogP contribution in [0, 0.1) is 11.8 Å². The zero-order valence-electron chi connectivity index (χ0n) is 12.9. The Balaban J connectivity index is 1.63. The normalized spacial score (nSPS) is 14.1. The average Bonchev–Trinajstić information content (AvgIpc) is 3.27. The van der Waals surface area contributed by atoms with Crippen LogP contribution in [-0.4, -0.2) is 17.2 Å². The zero-order valence-corrected chi connectivity index (χ0v) is 12.9. The molecule has 1 aromatic heterocycles. The fourth-order valence-electron chi connectivity index (χ4n) is 2.85. The molecule has 2 nitrogen and oxygen atoms in total. The molecule has 0 saturated heterocycles. The highest BCUT2D eigenvalue weighted by atomic mass is 15.0. The summed E-state index contributed by atoms with van der Waals surface area (Å²) in [5.74, 6) is 6.16. The Morgan fingerprint density at radius 3 is 2.90 bits per heavy atom. The van der Waals surface area contributed by atoms with Crippen LogP contribution in [0.3, 0.4) is 0 Å². The third-order valence-electron chi connectivity index (χ3n) is 4.18. The third-order valence-corrected chi connectivity index (χ3v) is 4.18. The summed E-state index contributed by atoms with van der Waals surface area (Å²) in [5.41, 5.74) is 2.78. The Kier molecular flexibility index (Phi) is 4.62. The first-order valence-corrected chi connectivity index (χ1v) is 8.08. The number of benzene rings is 1. The van der Waals surface area contributed by atoms with Gasteiger partial charge in [-0.25, -0.2) is 0 Å². The molecule has 0 bridgehead atoms. The minimum Gasteiger partial charge on any atom is -0.336 e. The maximum atomic E-state index is 3.59. The van der Waals surface area contributed by atoms with E-state index in [4.69, 9.17) is 0 Å². The van der Waals surface area contributed by atoms with E-state index in [-0.39, 0.29) is 0 Å². The molecule has 0 atom stereocenters. The van der Waals surface area contributed by atoms with Crippen LogP contribution in [0.5, 0.6) is 0 Å². The van der Waals surface area contributed by atoms with Gasteiger partial charge in [0, 0.05) is 23.1 Å². The fraction of sp³-hybridized carbons (Fsp3) is 0.474. The van der Waals surface area contributed by atoms with Gasteiger partial charge in [0.1, 0.15) is 0 Å². The molecule has 1 N–H and O–H groups in total. The number of hydrogen-bond donors (Lipinski definition) is 1. The molecule has 0 amide bonds. The van der Waals surface area contributed by atoms with Crippen molar-refractivity contribution in [3.8, 4) is 11.8 Å². The van der Waals surface area contributed by atoms with Crippen LogP contribution in [0.15, 0.2) is 30.5 Å². The van der Waals surface area contributed by atoms with Crippen molar-refractivity contribution in [2.75, 3.05) is 6.54 Å². The van der Waals surface area contributed by atoms with Crippen LogP contribution in [0.4, 0.5) is 0 Å². The van der Waals surface area contributed by atoms with Crippen molar-refractivity contribution in [2.45, 2.75) is 51.6 Å². The highest BCUT2D eigenvalue weighted by Crippen LogP contribution is 2.23. The van der Waals surface area contributed by atoms with Crippen molar-refractivity contribution in [1.29, 1.82) is 0 Å². The minimum absolute atomic E-state index is 0.792. The molecule has 0 aliphatic heterocycles. The number of fused-ring (bicyclic) bond motifs is 1. The summed E-state index contributed by atoms with van der Waals surface area (Å²) in [6.45, 7) is 3.87. The van der Waals surface area contributed by atoms with Gasteiger partial charge in [-0.15, -0.1) is 5.92 Å². The molecular weight excluding hydrogens is 256 g/mol. The van der Waals surface area contributed by atoms with Gasteiger partial charge in [-0.05, 0) is 57.2 Å². The van der Waals surface area contributed by atoms with E-state index in [2.05, 4.69) is 52.2 Å². The van der Waals surface area contributed by atoms with Gasteiger partial charge in [-0.3, -0.25) is 0 Å². The Labute approximate surface area is 127 Å². The van der Waals surface area contributed by atoms with Crippen molar-refractivity contribution in [3.05, 3.63) is 36.0 Å². The summed E-state index contributed by atoms with van der Waals surface area (Å²) in [6, 6.07) is 9.52. The average molecular weight is 280 g/mol. The van der Waals surface area contributed by atoms with E-state index in [1.54, 1.807) is 0 Å². The quantitative estimate of drug-likeness (QED) is 0.604. The van der Waals surface area contributed by atoms with Gasteiger partial charge in [0.2, 0.25) is 0 Å². The second-order valence-electron chi connectivity index (χ2n) is 5.91. The van der Waals surface area contributed by atoms with Gasteiger partial charge in [0.25, 0.3) is 0 Å². The van der Waals surface area contributed by atoms with Gasteiger partial charge >= 0.3 is 0 Å². The molecule has 3 rings (SSSR count). The standard InChI is InChI=1S/C19H24N2/c1-2-3-14-21-15-16(18-9-4-5-10-19(18)21)8-6-7-13-20-17-11-12-17/h4-5,9-10,15,17,20H,6-8,11-14H2,1H3. The maximum Gasteiger partial charge on any atom is 0.0837 e. The molecule has 1 fully saturated rings. The Morgan fingerprint density at radius 2 is 2.10 bits per heavy atom. The smallest absolute Gasteiger partial charge is 0.0837 e. The van der Waals surface area contributed by atoms with Gasteiger partial charge in [0.05, 0.1) is 6.54 Å². The number of nitrogens with one attached hydrogen (secondary N) is 1. The summed E-state index contributed by atoms with van der Waals surface area (Å²) in [5, 5.41) is 4.98. The molecule has 0 radical (unpaired) electrons. The topological polar surface area (TPSA) is 17.0 Å². The van der Waals surface area contributed by atoms with Crippen molar-refractivity contribution < 1.29 is 0 Å². The molecule has 1 saturated carbocycles. The van der Waals surface area contributed by atoms with Crippen LogP contribution < -0.4 is 5.32 Å². The van der Waals surface area contributed by atoms with Gasteiger partial charge < -0.3 is 9.88 Å². The van der Waals surface area contributed by atoms with Crippen LogP contribution in [0.2, 0.25) is 0 Å². The van der Waals surface area contributed by atoms with Gasteiger partial charge in [-0.2, -0.15) is 0 Å². The lowest BCUT2D eigenvalue weighted by molar-refractivity contribution is 0.620. The summed E-state index contributed by atoms with van der Waals surface area (Å²) in [6.07, 6.45) is 8.75. The van der Waals surface area contributed by atoms with E-state index in [9.17, 15) is 0 Å². The predicted molar refractivity (Wildman–Crippen MR) is 89.4 cm³/mol. The first kappa shape index (κ1) is 14.2. The van der Waals surface area contributed by atoms with E-state index in [0.717, 1.165) is 12.6 Å². The minimum atomic E-state index is 0.792. The van der Waals surface area contributed by atoms with Crippen LogP contribution in [0.25, 0.3) is 10.9 Å². The molecule has 2 aromatic rings. The molecule has 1 heterocycles. The maximum absolute atomic E-state index is 3.59. The number of nitrogens with zero attached hydrogens (tertiary/aromatic N) is 1. The van der Waals surface area contributed by atoms with Crippen LogP contribution in [-0.2, 0) is 13.0 Å². The summed E-state index contributed by atoms with van der Waals surface area (Å²) >= 11 is 0. The number of hydrogen-bond acceptors (Lipinski definition) is 1. The lowest BCUT2D eigenvalue weighted by atomic mass is 10.1. The molecule has 21 heavy (non-hydrogen) atoms. The molecule has 1 aliphatic carbocycles. The highest BCUT2D eigenvalue weighted by molar-refractivity contribution is 5.84. The molecule has 1 aliphatic rings. The molecule has 1 aromatic carbocycles. The van der Waals surface area contributed by atoms with Crippen molar-refractivity contribution in [3.63, 3.8) is 0 Å². The largest absolute Gasteiger partial charge is 0.336 e. The lowest BCUT2D eigenvalue weighted by Crippen LogP contribution is -2.17. The highest BCUT2D eigenvalue weighted by Gasteiger charge is 2.19. The van der Waals surface area contributed by atoms with E-state index < -0.39 is 0 Å². The number of para-hydroxylation sites is 1. The third kappa shape index (κ3) is 3.68. The lowest BCUT2D eigenvalue weighted by Gasteiger charge is -2.02. The molecule has 0 unspecified atom stereocenters. The van der Waals surface area contributed by atoms with Gasteiger partial charge in [0.15, 0.2) is 0 Å². The summed E-state index contributed by atoms with van der Waals surface area (Å²) in [7, 11) is 0. The number of aryl methyl sites for hydroxylation is 1. The van der Waals surface area contributed by atoms with Crippen molar-refractivity contribution in [2.24, 2.45) is 0 Å². The number of unbranched alkanes of at least 4 members (excludes halogenated alkanes) is 1. The molecule has 0 spiro atoms. The summed E-state index contributed by atoms with van der Waals surface area (Å²) < 4.78 is 2.28. The zero-order chi connectivity index (χ0) is 14.5. The Morgan fingerprint density at radius 1 is 1.24 bits per heavy atom. The van der Waals surface area contributed by atoms with E-state index in [1.165, 1.54) is 55.1 Å². The predicted octanol–water partition coefficient (Wildman–Crippen LogP) is 3.74. The van der Waals surface area contributed by atoms with Crippen LogP contribution in [0.1, 0.15) is 38.2 Å². The molecule has 2 heteroatoms. The van der Waals surface area contributed by atoms with Crippen LogP contribution >= 0.6 is 0 Å². The first-order valence-electron chi connectivity index (χ1n) is 8.08. The Bertz CT molecular complexity index is 653. The van der Waals surface area contributed by atoms with Gasteiger partial charge in [-0.1, -0.05) is 24.1 Å². The first-order chi connectivity index (χ1) is 10.4. The summed E-state index contributed by atoms with van der Waals surface area (Å²) in [4.78, 5) is 0. The van der Waals surface area contributed by atoms with E-state index >= 15 is 0 Å². The Hall–Kier alpha value is -1.72. The van der Waals surface area contributed by atoms with Crippen molar-refractivity contribution in [1.82, 2.24) is 9.88 Å². The second kappa shape index (κ2) is 6.83. The van der Waals surface area contributed by atoms with Crippen molar-refractivity contribution >= 4 is 10.9 Å². The second-order valence-corrected chi connectivity index (χ2v) is 5.91. The monoisotopic (exact) mass is 280 g/mol. The van der Waals surface area contributed by atoms with E-state index in [1.807, 2.05) is 6.92 Å². The number of aromatic nitrogens is 1. The molecular formula is C19H24N2. The molecule has 110 valence electrons. The number of rotatable bonds is 7.